The Morgan fingerprint density at radius 3 is 2.16 bits per heavy atom. The van der Waals surface area contributed by atoms with Crippen LogP contribution in [0.25, 0.3) is 0 Å². The molecule has 5 unspecified atom stereocenters. The van der Waals surface area contributed by atoms with Gasteiger partial charge in [-0.1, -0.05) is 71.1 Å². The molecule has 26 heteroatoms. The van der Waals surface area contributed by atoms with Gasteiger partial charge in [-0.15, -0.1) is 0 Å². The van der Waals surface area contributed by atoms with Crippen LogP contribution in [-0.2, 0) is 76.1 Å². The number of carbonyl (C=O) groups excluding carboxylic acids is 6. The third-order valence-corrected chi connectivity index (χ3v) is 19.2. The zero-order valence-electron chi connectivity index (χ0n) is 54.9. The molecule has 0 radical (unpaired) electrons. The van der Waals surface area contributed by atoms with Crippen molar-refractivity contribution in [2.45, 2.75) is 235 Å². The number of hydrogen-bond donors (Lipinski definition) is 8. The lowest BCUT2D eigenvalue weighted by Gasteiger charge is -2.42. The van der Waals surface area contributed by atoms with E-state index in [0.717, 1.165) is 10.5 Å². The Bertz CT molecular complexity index is 2540. The molecule has 0 aromatic rings. The molecule has 5 fully saturated rings. The van der Waals surface area contributed by atoms with Crippen LogP contribution in [0.15, 0.2) is 47.6 Å². The summed E-state index contributed by atoms with van der Waals surface area (Å²) in [6.45, 7) is 10.2. The fraction of sp³-hybridized carbons (Fsp3) is 0.788. The first-order chi connectivity index (χ1) is 43.7. The lowest BCUT2D eigenvalue weighted by molar-refractivity contribution is -0.318. The number of carbonyl (C=O) groups is 6. The first kappa shape index (κ1) is 76.6. The topological polar surface area (TPSA) is 369 Å². The Morgan fingerprint density at radius 2 is 1.48 bits per heavy atom. The van der Waals surface area contributed by atoms with Crippen LogP contribution in [0.1, 0.15) is 126 Å². The van der Waals surface area contributed by atoms with Gasteiger partial charge in [-0.05, 0) is 107 Å². The maximum Gasteiger partial charge on any atom is 0.508 e. The van der Waals surface area contributed by atoms with Crippen molar-refractivity contribution in [2.24, 2.45) is 35.5 Å². The summed E-state index contributed by atoms with van der Waals surface area (Å²) in [4.78, 5) is 85.7. The molecule has 0 aromatic carbocycles. The number of aliphatic hydroxyl groups excluding tert-OH is 7. The fourth-order valence-electron chi connectivity index (χ4n) is 13.4. The number of piperidine rings is 1. The summed E-state index contributed by atoms with van der Waals surface area (Å²) in [7, 11) is 4.44. The molecule has 0 aromatic heterocycles. The summed E-state index contributed by atoms with van der Waals surface area (Å²) >= 11 is 0. The molecule has 522 valence electrons. The number of ether oxygens (including phenoxy) is 11. The number of aliphatic hydroxyl groups is 8. The van der Waals surface area contributed by atoms with Gasteiger partial charge in [0.2, 0.25) is 5.79 Å². The Morgan fingerprint density at radius 1 is 0.750 bits per heavy atom. The highest BCUT2D eigenvalue weighted by Gasteiger charge is 2.54. The molecule has 5 aliphatic heterocycles. The summed E-state index contributed by atoms with van der Waals surface area (Å²) in [5.41, 5.74) is 1.17. The quantitative estimate of drug-likeness (QED) is 0.0476. The molecule has 26 nitrogen and oxygen atoms in total. The lowest BCUT2D eigenvalue weighted by Crippen LogP contribution is -2.61. The zero-order chi connectivity index (χ0) is 67.7. The lowest BCUT2D eigenvalue weighted by atomic mass is 9.78. The van der Waals surface area contributed by atoms with E-state index in [0.29, 0.717) is 63.4 Å². The van der Waals surface area contributed by atoms with Crippen molar-refractivity contribution in [1.82, 2.24) is 4.90 Å². The minimum absolute atomic E-state index is 0.0211. The number of nitrogens with zero attached hydrogens (tertiary/aromatic N) is 1. The van der Waals surface area contributed by atoms with E-state index in [9.17, 15) is 69.6 Å². The van der Waals surface area contributed by atoms with Crippen LogP contribution in [0.2, 0.25) is 0 Å². The number of rotatable bonds is 16. The average molecular weight is 1310 g/mol. The van der Waals surface area contributed by atoms with Crippen molar-refractivity contribution in [2.75, 3.05) is 60.9 Å². The van der Waals surface area contributed by atoms with E-state index in [1.165, 1.54) is 14.2 Å². The van der Waals surface area contributed by atoms with E-state index in [4.69, 9.17) is 52.1 Å². The Balaban J connectivity index is 1.12. The summed E-state index contributed by atoms with van der Waals surface area (Å²) in [6, 6.07) is -1.23. The first-order valence-electron chi connectivity index (χ1n) is 32.5. The molecule has 1 amide bonds. The number of methoxy groups -OCH3 is 3. The van der Waals surface area contributed by atoms with Crippen LogP contribution >= 0.6 is 0 Å². The van der Waals surface area contributed by atoms with Crippen molar-refractivity contribution in [3.8, 4) is 0 Å². The van der Waals surface area contributed by atoms with E-state index >= 15 is 0 Å². The van der Waals surface area contributed by atoms with Gasteiger partial charge in [0.25, 0.3) is 11.7 Å². The van der Waals surface area contributed by atoms with Crippen LogP contribution in [0.5, 0.6) is 0 Å². The number of esters is 1. The molecule has 4 saturated heterocycles. The molecular formula is C66H103NO25. The smallest absolute Gasteiger partial charge is 0.460 e. The van der Waals surface area contributed by atoms with Gasteiger partial charge in [-0.2, -0.15) is 0 Å². The van der Waals surface area contributed by atoms with Gasteiger partial charge in [0.1, 0.15) is 92.2 Å². The molecule has 6 rings (SSSR count). The normalized spacial score (nSPS) is 41.1. The Labute approximate surface area is 539 Å². The van der Waals surface area contributed by atoms with Crippen LogP contribution in [-0.4, -0.2) is 252 Å². The number of fused-ring (bicyclic) bond motifs is 3. The number of allylic oxidation sites excluding steroid dienone is 6. The van der Waals surface area contributed by atoms with E-state index in [2.05, 4.69) is 0 Å². The summed E-state index contributed by atoms with van der Waals surface area (Å²) < 4.78 is 63.1. The molecule has 92 heavy (non-hydrogen) atoms. The van der Waals surface area contributed by atoms with Gasteiger partial charge in [-0.25, -0.2) is 9.59 Å². The second-order valence-electron chi connectivity index (χ2n) is 26.0. The van der Waals surface area contributed by atoms with Crippen molar-refractivity contribution in [3.63, 3.8) is 0 Å². The van der Waals surface area contributed by atoms with Crippen molar-refractivity contribution < 1.29 is 122 Å². The monoisotopic (exact) mass is 1310 g/mol. The predicted molar refractivity (Wildman–Crippen MR) is 327 cm³/mol. The van der Waals surface area contributed by atoms with E-state index < -0.39 is 177 Å². The molecule has 6 aliphatic rings. The van der Waals surface area contributed by atoms with Crippen molar-refractivity contribution in [3.05, 3.63) is 47.6 Å². The van der Waals surface area contributed by atoms with E-state index in [1.807, 2.05) is 51.2 Å². The summed E-state index contributed by atoms with van der Waals surface area (Å²) in [5.74, 6) is -8.87. The van der Waals surface area contributed by atoms with Crippen molar-refractivity contribution >= 4 is 35.4 Å². The van der Waals surface area contributed by atoms with Gasteiger partial charge in [-0.3, -0.25) is 19.2 Å². The Hall–Kier alpha value is -4.46. The minimum atomic E-state index is -2.50. The van der Waals surface area contributed by atoms with E-state index in [-0.39, 0.29) is 62.4 Å². The van der Waals surface area contributed by atoms with Gasteiger partial charge in [0.15, 0.2) is 12.1 Å². The third kappa shape index (κ3) is 19.8. The SMILES string of the molecule is CO[C@H]1C[C@@H]2CC[C@@H](C)[C@@](O)(O2)C(=O)C(=O)N2CCCCC2C(=O)O[C@H]([C@H](C)CC2CC[C@@H](OCCOC(=O)OCC3OC(CO)[C@@H](OC4O[C@H](CO)[C@@H](O)[C@H](O)[C@H]4O)[C@@H]3O)[C@H](OC)C2)CC(=O)[C@H](C)/C=C(\C)[C@@H](O)[C@@H](OC)C(=O)[C@H](C)C[C@H](C)\C=C/C=C/C=C/1C. The molecule has 1 aliphatic carbocycles. The summed E-state index contributed by atoms with van der Waals surface area (Å²) in [5, 5.41) is 84.9. The highest BCUT2D eigenvalue weighted by atomic mass is 16.7. The van der Waals surface area contributed by atoms with Gasteiger partial charge < -0.3 is 97.9 Å². The minimum Gasteiger partial charge on any atom is -0.460 e. The second-order valence-corrected chi connectivity index (χ2v) is 26.0. The highest BCUT2D eigenvalue weighted by Crippen LogP contribution is 2.39. The van der Waals surface area contributed by atoms with Crippen LogP contribution in [0, 0.1) is 35.5 Å². The summed E-state index contributed by atoms with van der Waals surface area (Å²) in [6.07, 6.45) is -4.68. The zero-order valence-corrected chi connectivity index (χ0v) is 54.9. The maximum atomic E-state index is 14.7. The van der Waals surface area contributed by atoms with Gasteiger partial charge in [0, 0.05) is 58.5 Å². The molecule has 1 saturated carbocycles. The number of ketones is 3. The Kier molecular flexibility index (Phi) is 30.0. The molecule has 0 spiro atoms. The van der Waals surface area contributed by atoms with Crippen molar-refractivity contribution in [1.29, 1.82) is 0 Å². The number of hydrogen-bond acceptors (Lipinski definition) is 25. The number of Topliss-reactive ketones (excluding diaryl/α,β-unsaturated/α-hetero) is 3. The first-order valence-corrected chi connectivity index (χ1v) is 32.5. The van der Waals surface area contributed by atoms with Crippen LogP contribution in [0.3, 0.4) is 0 Å². The highest BCUT2D eigenvalue weighted by molar-refractivity contribution is 6.39. The van der Waals surface area contributed by atoms with Gasteiger partial charge >= 0.3 is 12.1 Å². The largest absolute Gasteiger partial charge is 0.508 e. The second kappa shape index (κ2) is 36.0. The molecule has 2 bridgehead atoms. The average Bonchev–Trinajstić information content (AvgIpc) is 0.899. The van der Waals surface area contributed by atoms with Gasteiger partial charge in [0.05, 0.1) is 44.2 Å². The maximum absolute atomic E-state index is 14.7. The number of cyclic esters (lactones) is 1. The third-order valence-electron chi connectivity index (χ3n) is 19.2. The van der Waals surface area contributed by atoms with E-state index in [1.54, 1.807) is 40.9 Å². The number of amides is 1. The predicted octanol–water partition coefficient (Wildman–Crippen LogP) is 2.66. The molecule has 5 heterocycles. The van der Waals surface area contributed by atoms with Crippen LogP contribution < -0.4 is 0 Å². The molecule has 24 atom stereocenters. The molecular weight excluding hydrogens is 1210 g/mol. The fourth-order valence-corrected chi connectivity index (χ4v) is 13.4. The molecule has 8 N–H and O–H groups in total. The van der Waals surface area contributed by atoms with Crippen LogP contribution in [0.4, 0.5) is 4.79 Å². The standard InChI is InChI=1S/C66H103NO25/c1-35-16-12-11-13-17-36(2)47(82-8)30-43-21-19-41(7)66(81,92-43)61(77)62(78)67-23-15-14-18-44(67)63(79)89-48(31-45(70)37(3)27-40(6)54(72)60(84-10)53(71)39(5)26-35)38(4)28-42-20-22-46(49(29-42)83-9)85-24-25-86-65(80)87-34-52-56(74)59(51(33-69)88-52)91-64-58(76)57(75)55(73)50(32-68)90-64/h11-13,16-17,27,35,37-39,41-44,46-52,54-60,64,68-69,72-76,81H,14-15,18-26,28-34H2,1-10H3/b13-11+,16-12-,36-17+,40-27+/t35-,37-,38-,39-,41-,42?,43+,44?,46-,47+,48+,49-,50-,51?,52?,54-,55-,56-,57+,58-,59-,60+,64?,66-/m1/s1.